The fraction of sp³-hybridized carbons (Fsp3) is 0.200. The maximum absolute atomic E-state index is 12.2. The van der Waals surface area contributed by atoms with Gasteiger partial charge in [-0.15, -0.1) is 0 Å². The number of hydrogen-bond donors (Lipinski definition) is 3. The minimum atomic E-state index is -0.110. The van der Waals surface area contributed by atoms with Gasteiger partial charge in [0.25, 0.3) is 5.91 Å². The van der Waals surface area contributed by atoms with Gasteiger partial charge in [0, 0.05) is 55.2 Å². The smallest absolute Gasteiger partial charge is 0.253 e. The number of aromatic nitrogens is 3. The van der Waals surface area contributed by atoms with Gasteiger partial charge in [-0.3, -0.25) is 4.79 Å². The summed E-state index contributed by atoms with van der Waals surface area (Å²) in [4.78, 5) is 19.5. The van der Waals surface area contributed by atoms with E-state index in [0.29, 0.717) is 24.2 Å². The van der Waals surface area contributed by atoms with E-state index in [1.807, 2.05) is 29.9 Å². The Morgan fingerprint density at radius 3 is 3.10 bits per heavy atom. The maximum atomic E-state index is 12.2. The molecule has 0 bridgehead atoms. The van der Waals surface area contributed by atoms with E-state index in [1.165, 1.54) is 0 Å². The second-order valence-electron chi connectivity index (χ2n) is 4.97. The Kier molecular flexibility index (Phi) is 3.35. The van der Waals surface area contributed by atoms with E-state index in [0.717, 1.165) is 16.7 Å². The van der Waals surface area contributed by atoms with Crippen molar-refractivity contribution in [2.75, 3.05) is 12.3 Å². The highest BCUT2D eigenvalue weighted by atomic mass is 16.1. The summed E-state index contributed by atoms with van der Waals surface area (Å²) in [7, 11) is 1.94. The van der Waals surface area contributed by atoms with Gasteiger partial charge >= 0.3 is 0 Å². The summed E-state index contributed by atoms with van der Waals surface area (Å²) >= 11 is 0. The van der Waals surface area contributed by atoms with Crippen LogP contribution in [0.25, 0.3) is 10.9 Å². The zero-order valence-electron chi connectivity index (χ0n) is 11.8. The number of fused-ring (bicyclic) bond motifs is 1. The molecule has 21 heavy (non-hydrogen) atoms. The number of carbonyl (C=O) groups excluding carboxylic acids is 1. The molecule has 6 heteroatoms. The SMILES string of the molecule is Cn1ccnc1CCNC(=O)c1c[nH]c2ccc(N)cc12. The van der Waals surface area contributed by atoms with Gasteiger partial charge in [0.1, 0.15) is 5.82 Å². The molecule has 3 aromatic rings. The monoisotopic (exact) mass is 283 g/mol. The Labute approximate surface area is 122 Å². The normalized spacial score (nSPS) is 10.9. The third-order valence-corrected chi connectivity index (χ3v) is 3.51. The highest BCUT2D eigenvalue weighted by Gasteiger charge is 2.12. The van der Waals surface area contributed by atoms with E-state index >= 15 is 0 Å². The van der Waals surface area contributed by atoms with Crippen molar-refractivity contribution in [2.45, 2.75) is 6.42 Å². The Hall–Kier alpha value is -2.76. The molecule has 4 N–H and O–H groups in total. The zero-order valence-corrected chi connectivity index (χ0v) is 11.8. The lowest BCUT2D eigenvalue weighted by Crippen LogP contribution is -2.26. The summed E-state index contributed by atoms with van der Waals surface area (Å²) in [6.07, 6.45) is 6.04. The minimum Gasteiger partial charge on any atom is -0.399 e. The van der Waals surface area contributed by atoms with Crippen molar-refractivity contribution >= 4 is 22.5 Å². The maximum Gasteiger partial charge on any atom is 0.253 e. The second kappa shape index (κ2) is 5.32. The van der Waals surface area contributed by atoms with E-state index in [9.17, 15) is 4.79 Å². The van der Waals surface area contributed by atoms with Gasteiger partial charge in [0.05, 0.1) is 5.56 Å². The molecule has 2 aromatic heterocycles. The van der Waals surface area contributed by atoms with Gasteiger partial charge in [0.15, 0.2) is 0 Å². The van der Waals surface area contributed by atoms with Crippen LogP contribution in [0, 0.1) is 0 Å². The van der Waals surface area contributed by atoms with Crippen molar-refractivity contribution < 1.29 is 4.79 Å². The number of rotatable bonds is 4. The third-order valence-electron chi connectivity index (χ3n) is 3.51. The molecule has 108 valence electrons. The van der Waals surface area contributed by atoms with Crippen LogP contribution in [-0.4, -0.2) is 27.0 Å². The first-order valence-corrected chi connectivity index (χ1v) is 6.76. The number of aryl methyl sites for hydroxylation is 1. The number of nitrogen functional groups attached to an aromatic ring is 1. The standard InChI is InChI=1S/C15H17N5O/c1-20-7-6-17-14(20)4-5-18-15(21)12-9-19-13-3-2-10(16)8-11(12)13/h2-3,6-9,19H,4-5,16H2,1H3,(H,18,21). The lowest BCUT2D eigenvalue weighted by Gasteiger charge is -2.05. The molecule has 0 aliphatic carbocycles. The van der Waals surface area contributed by atoms with E-state index in [-0.39, 0.29) is 5.91 Å². The van der Waals surface area contributed by atoms with Crippen LogP contribution in [0.5, 0.6) is 0 Å². The number of nitrogens with two attached hydrogens (primary N) is 1. The second-order valence-corrected chi connectivity index (χ2v) is 4.97. The lowest BCUT2D eigenvalue weighted by molar-refractivity contribution is 0.0955. The van der Waals surface area contributed by atoms with Crippen molar-refractivity contribution in [1.82, 2.24) is 19.9 Å². The number of imidazole rings is 1. The Bertz CT molecular complexity index is 786. The summed E-state index contributed by atoms with van der Waals surface area (Å²) in [5.74, 6) is 0.833. The van der Waals surface area contributed by atoms with Crippen LogP contribution in [-0.2, 0) is 13.5 Å². The number of nitrogens with zero attached hydrogens (tertiary/aromatic N) is 2. The topological polar surface area (TPSA) is 88.7 Å². The summed E-state index contributed by atoms with van der Waals surface area (Å²) in [5.41, 5.74) is 7.93. The first kappa shape index (κ1) is 13.2. The van der Waals surface area contributed by atoms with Crippen molar-refractivity contribution in [2.24, 2.45) is 7.05 Å². The molecule has 1 amide bonds. The van der Waals surface area contributed by atoms with Crippen LogP contribution >= 0.6 is 0 Å². The van der Waals surface area contributed by atoms with Gasteiger partial charge in [-0.1, -0.05) is 0 Å². The molecule has 0 saturated carbocycles. The van der Waals surface area contributed by atoms with E-state index in [4.69, 9.17) is 5.73 Å². The quantitative estimate of drug-likeness (QED) is 0.633. The number of amides is 1. The van der Waals surface area contributed by atoms with Crippen molar-refractivity contribution in [3.8, 4) is 0 Å². The van der Waals surface area contributed by atoms with E-state index in [1.54, 1.807) is 18.5 Å². The lowest BCUT2D eigenvalue weighted by atomic mass is 10.1. The molecule has 0 saturated heterocycles. The molecule has 0 aliphatic rings. The molecule has 1 aromatic carbocycles. The molecule has 3 rings (SSSR count). The van der Waals surface area contributed by atoms with Crippen LogP contribution in [0.4, 0.5) is 5.69 Å². The van der Waals surface area contributed by atoms with Gasteiger partial charge < -0.3 is 20.6 Å². The van der Waals surface area contributed by atoms with Gasteiger partial charge in [-0.2, -0.15) is 0 Å². The number of H-pyrrole nitrogens is 1. The molecule has 2 heterocycles. The Balaban J connectivity index is 1.69. The summed E-state index contributed by atoms with van der Waals surface area (Å²) in [6.45, 7) is 0.540. The van der Waals surface area contributed by atoms with Gasteiger partial charge in [0.2, 0.25) is 0 Å². The first-order valence-electron chi connectivity index (χ1n) is 6.76. The minimum absolute atomic E-state index is 0.110. The predicted molar refractivity (Wildman–Crippen MR) is 82.0 cm³/mol. The third kappa shape index (κ3) is 2.60. The molecular weight excluding hydrogens is 266 g/mol. The van der Waals surface area contributed by atoms with Crippen LogP contribution in [0.15, 0.2) is 36.8 Å². The Morgan fingerprint density at radius 2 is 2.33 bits per heavy atom. The molecule has 0 aliphatic heterocycles. The van der Waals surface area contributed by atoms with Gasteiger partial charge in [-0.25, -0.2) is 4.98 Å². The molecule has 0 radical (unpaired) electrons. The average Bonchev–Trinajstić information content (AvgIpc) is 3.05. The molecular formula is C15H17N5O. The van der Waals surface area contributed by atoms with Crippen molar-refractivity contribution in [3.05, 3.63) is 48.2 Å². The van der Waals surface area contributed by atoms with Gasteiger partial charge in [-0.05, 0) is 18.2 Å². The average molecular weight is 283 g/mol. The number of aromatic amines is 1. The number of hydrogen-bond acceptors (Lipinski definition) is 3. The first-order chi connectivity index (χ1) is 10.1. The summed E-state index contributed by atoms with van der Waals surface area (Å²) in [5, 5.41) is 3.75. The van der Waals surface area contributed by atoms with Crippen LogP contribution in [0.1, 0.15) is 16.2 Å². The fourth-order valence-corrected chi connectivity index (χ4v) is 2.35. The number of nitrogens with one attached hydrogen (secondary N) is 2. The Morgan fingerprint density at radius 1 is 1.48 bits per heavy atom. The molecule has 0 unspecified atom stereocenters. The number of carbonyl (C=O) groups is 1. The largest absolute Gasteiger partial charge is 0.399 e. The number of benzene rings is 1. The van der Waals surface area contributed by atoms with Crippen LogP contribution in [0.2, 0.25) is 0 Å². The summed E-state index contributed by atoms with van der Waals surface area (Å²) < 4.78 is 1.94. The van der Waals surface area contributed by atoms with E-state index < -0.39 is 0 Å². The van der Waals surface area contributed by atoms with Crippen LogP contribution in [0.3, 0.4) is 0 Å². The van der Waals surface area contributed by atoms with Crippen molar-refractivity contribution in [3.63, 3.8) is 0 Å². The van der Waals surface area contributed by atoms with Crippen molar-refractivity contribution in [1.29, 1.82) is 0 Å². The fourth-order valence-electron chi connectivity index (χ4n) is 2.35. The molecule has 0 spiro atoms. The zero-order chi connectivity index (χ0) is 14.8. The highest BCUT2D eigenvalue weighted by molar-refractivity contribution is 6.07. The van der Waals surface area contributed by atoms with Crippen LogP contribution < -0.4 is 11.1 Å². The highest BCUT2D eigenvalue weighted by Crippen LogP contribution is 2.20. The summed E-state index contributed by atoms with van der Waals surface area (Å²) in [6, 6.07) is 5.48. The molecule has 0 atom stereocenters. The molecule has 6 nitrogen and oxygen atoms in total. The predicted octanol–water partition coefficient (Wildman–Crippen LogP) is 1.46. The molecule has 0 fully saturated rings. The number of anilines is 1. The van der Waals surface area contributed by atoms with E-state index in [2.05, 4.69) is 15.3 Å².